The minimum absolute atomic E-state index is 0.105. The molecule has 1 saturated carbocycles. The third-order valence-corrected chi connectivity index (χ3v) is 4.81. The number of aliphatic hydroxyl groups is 1. The highest BCUT2D eigenvalue weighted by Gasteiger charge is 2.27. The Kier molecular flexibility index (Phi) is 6.40. The first-order valence-corrected chi connectivity index (χ1v) is 8.47. The molecule has 1 aliphatic rings. The molecule has 1 aliphatic carbocycles. The SMILES string of the molecule is O=C(CSCCc1ccccc1)NC1CCCC1CO. The van der Waals surface area contributed by atoms with Gasteiger partial charge in [0.2, 0.25) is 5.91 Å². The molecule has 20 heavy (non-hydrogen) atoms. The summed E-state index contributed by atoms with van der Waals surface area (Å²) in [5, 5.41) is 12.3. The Balaban J connectivity index is 1.61. The minimum Gasteiger partial charge on any atom is -0.396 e. The lowest BCUT2D eigenvalue weighted by atomic mass is 10.1. The molecule has 0 aromatic heterocycles. The van der Waals surface area contributed by atoms with Crippen molar-refractivity contribution < 1.29 is 9.90 Å². The summed E-state index contributed by atoms with van der Waals surface area (Å²) in [7, 11) is 0. The molecule has 2 rings (SSSR count). The Morgan fingerprint density at radius 3 is 2.85 bits per heavy atom. The fourth-order valence-electron chi connectivity index (χ4n) is 2.69. The highest BCUT2D eigenvalue weighted by molar-refractivity contribution is 7.99. The van der Waals surface area contributed by atoms with Crippen molar-refractivity contribution in [3.8, 4) is 0 Å². The van der Waals surface area contributed by atoms with Crippen molar-refractivity contribution in [1.29, 1.82) is 0 Å². The number of aliphatic hydroxyl groups excluding tert-OH is 1. The number of aryl methyl sites for hydroxylation is 1. The number of carbonyl (C=O) groups excluding carboxylic acids is 1. The van der Waals surface area contributed by atoms with E-state index in [4.69, 9.17) is 0 Å². The second-order valence-electron chi connectivity index (χ2n) is 5.34. The molecule has 0 heterocycles. The van der Waals surface area contributed by atoms with Crippen LogP contribution in [0.1, 0.15) is 24.8 Å². The Hall–Kier alpha value is -1.00. The highest BCUT2D eigenvalue weighted by Crippen LogP contribution is 2.25. The first kappa shape index (κ1) is 15.4. The second-order valence-corrected chi connectivity index (χ2v) is 6.44. The molecular weight excluding hydrogens is 270 g/mol. The molecule has 2 N–H and O–H groups in total. The van der Waals surface area contributed by atoms with Crippen molar-refractivity contribution in [3.05, 3.63) is 35.9 Å². The smallest absolute Gasteiger partial charge is 0.230 e. The van der Waals surface area contributed by atoms with E-state index >= 15 is 0 Å². The van der Waals surface area contributed by atoms with Crippen LogP contribution in [-0.2, 0) is 11.2 Å². The number of hydrogen-bond acceptors (Lipinski definition) is 3. The van der Waals surface area contributed by atoms with Crippen LogP contribution >= 0.6 is 11.8 Å². The number of amides is 1. The molecular formula is C16H23NO2S. The number of nitrogens with one attached hydrogen (secondary N) is 1. The van der Waals surface area contributed by atoms with Gasteiger partial charge in [0, 0.05) is 18.6 Å². The van der Waals surface area contributed by atoms with Crippen LogP contribution in [0.4, 0.5) is 0 Å². The van der Waals surface area contributed by atoms with Crippen LogP contribution in [0.5, 0.6) is 0 Å². The zero-order valence-corrected chi connectivity index (χ0v) is 12.6. The van der Waals surface area contributed by atoms with E-state index in [1.165, 1.54) is 5.56 Å². The number of thioether (sulfide) groups is 1. The van der Waals surface area contributed by atoms with E-state index in [-0.39, 0.29) is 24.5 Å². The van der Waals surface area contributed by atoms with Crippen LogP contribution in [-0.4, -0.2) is 35.2 Å². The monoisotopic (exact) mass is 293 g/mol. The maximum absolute atomic E-state index is 11.9. The average molecular weight is 293 g/mol. The van der Waals surface area contributed by atoms with Crippen LogP contribution in [0.15, 0.2) is 30.3 Å². The number of carbonyl (C=O) groups is 1. The van der Waals surface area contributed by atoms with Crippen molar-refractivity contribution in [3.63, 3.8) is 0 Å². The maximum Gasteiger partial charge on any atom is 0.230 e. The van der Waals surface area contributed by atoms with Gasteiger partial charge in [-0.15, -0.1) is 0 Å². The van der Waals surface area contributed by atoms with E-state index in [1.54, 1.807) is 11.8 Å². The molecule has 1 fully saturated rings. The van der Waals surface area contributed by atoms with Crippen LogP contribution in [0, 0.1) is 5.92 Å². The molecule has 0 bridgehead atoms. The minimum atomic E-state index is 0.105. The summed E-state index contributed by atoms with van der Waals surface area (Å²) < 4.78 is 0. The fraction of sp³-hybridized carbons (Fsp3) is 0.562. The summed E-state index contributed by atoms with van der Waals surface area (Å²) in [5.74, 6) is 1.84. The van der Waals surface area contributed by atoms with Crippen LogP contribution < -0.4 is 5.32 Å². The van der Waals surface area contributed by atoms with Crippen LogP contribution in [0.3, 0.4) is 0 Å². The van der Waals surface area contributed by atoms with Crippen molar-refractivity contribution in [1.82, 2.24) is 5.32 Å². The quantitative estimate of drug-likeness (QED) is 0.758. The van der Waals surface area contributed by atoms with E-state index in [1.807, 2.05) is 18.2 Å². The van der Waals surface area contributed by atoms with Gasteiger partial charge in [0.15, 0.2) is 0 Å². The van der Waals surface area contributed by atoms with Gasteiger partial charge in [-0.25, -0.2) is 0 Å². The maximum atomic E-state index is 11.9. The lowest BCUT2D eigenvalue weighted by Gasteiger charge is -2.18. The van der Waals surface area contributed by atoms with Crippen molar-refractivity contribution >= 4 is 17.7 Å². The molecule has 2 unspecified atom stereocenters. The summed E-state index contributed by atoms with van der Waals surface area (Å²) in [6, 6.07) is 10.5. The average Bonchev–Trinajstić information content (AvgIpc) is 2.92. The van der Waals surface area contributed by atoms with Gasteiger partial charge in [0.05, 0.1) is 5.75 Å². The summed E-state index contributed by atoms with van der Waals surface area (Å²) in [5.41, 5.74) is 1.32. The van der Waals surface area contributed by atoms with E-state index < -0.39 is 0 Å². The van der Waals surface area contributed by atoms with E-state index in [0.717, 1.165) is 31.4 Å². The lowest BCUT2D eigenvalue weighted by molar-refractivity contribution is -0.119. The van der Waals surface area contributed by atoms with Gasteiger partial charge < -0.3 is 10.4 Å². The number of hydrogen-bond donors (Lipinski definition) is 2. The lowest BCUT2D eigenvalue weighted by Crippen LogP contribution is -2.39. The van der Waals surface area contributed by atoms with Crippen LogP contribution in [0.25, 0.3) is 0 Å². The summed E-state index contributed by atoms with van der Waals surface area (Å²) in [6.07, 6.45) is 4.15. The summed E-state index contributed by atoms with van der Waals surface area (Å²) in [4.78, 5) is 11.9. The molecule has 0 radical (unpaired) electrons. The number of benzene rings is 1. The molecule has 4 heteroatoms. The normalized spacial score (nSPS) is 21.9. The van der Waals surface area contributed by atoms with Gasteiger partial charge in [0.25, 0.3) is 0 Å². The summed E-state index contributed by atoms with van der Waals surface area (Å²) in [6.45, 7) is 0.187. The highest BCUT2D eigenvalue weighted by atomic mass is 32.2. The first-order valence-electron chi connectivity index (χ1n) is 7.31. The fourth-order valence-corrected chi connectivity index (χ4v) is 3.49. The van der Waals surface area contributed by atoms with Crippen molar-refractivity contribution in [2.75, 3.05) is 18.1 Å². The zero-order chi connectivity index (χ0) is 14.2. The molecule has 1 aromatic rings. The molecule has 0 aliphatic heterocycles. The van der Waals surface area contributed by atoms with Crippen LogP contribution in [0.2, 0.25) is 0 Å². The molecule has 1 aromatic carbocycles. The van der Waals surface area contributed by atoms with E-state index in [0.29, 0.717) is 5.75 Å². The third-order valence-electron chi connectivity index (χ3n) is 3.85. The Bertz CT molecular complexity index is 410. The van der Waals surface area contributed by atoms with E-state index in [2.05, 4.69) is 17.4 Å². The molecule has 0 spiro atoms. The Labute approximate surface area is 125 Å². The summed E-state index contributed by atoms with van der Waals surface area (Å²) >= 11 is 1.67. The number of rotatable bonds is 7. The zero-order valence-electron chi connectivity index (χ0n) is 11.8. The molecule has 2 atom stereocenters. The third kappa shape index (κ3) is 4.84. The molecule has 1 amide bonds. The Morgan fingerprint density at radius 1 is 1.30 bits per heavy atom. The molecule has 3 nitrogen and oxygen atoms in total. The topological polar surface area (TPSA) is 49.3 Å². The second kappa shape index (κ2) is 8.32. The Morgan fingerprint density at radius 2 is 2.10 bits per heavy atom. The molecule has 0 saturated heterocycles. The van der Waals surface area contributed by atoms with E-state index in [9.17, 15) is 9.90 Å². The van der Waals surface area contributed by atoms with Gasteiger partial charge in [-0.3, -0.25) is 4.79 Å². The van der Waals surface area contributed by atoms with Gasteiger partial charge in [-0.05, 0) is 30.6 Å². The van der Waals surface area contributed by atoms with Crippen molar-refractivity contribution in [2.45, 2.75) is 31.7 Å². The van der Waals surface area contributed by atoms with Gasteiger partial charge in [0.1, 0.15) is 0 Å². The van der Waals surface area contributed by atoms with Crippen molar-refractivity contribution in [2.24, 2.45) is 5.92 Å². The van der Waals surface area contributed by atoms with Gasteiger partial charge >= 0.3 is 0 Å². The first-order chi connectivity index (χ1) is 9.79. The van der Waals surface area contributed by atoms with Gasteiger partial charge in [-0.1, -0.05) is 36.8 Å². The van der Waals surface area contributed by atoms with Gasteiger partial charge in [-0.2, -0.15) is 11.8 Å². The predicted molar refractivity (Wildman–Crippen MR) is 83.8 cm³/mol. The largest absolute Gasteiger partial charge is 0.396 e. The predicted octanol–water partition coefficient (Wildman–Crippen LogP) is 2.24. The molecule has 110 valence electrons. The standard InChI is InChI=1S/C16H23NO2S/c18-11-14-7-4-8-15(14)17-16(19)12-20-10-9-13-5-2-1-3-6-13/h1-3,5-6,14-15,18H,4,7-12H2,(H,17,19).